The Morgan fingerprint density at radius 2 is 1.72 bits per heavy atom. The number of hydrogen-bond donors (Lipinski definition) is 0. The average Bonchev–Trinajstić information content (AvgIpc) is 3.34. The van der Waals surface area contributed by atoms with Crippen molar-refractivity contribution >= 4 is 6.03 Å². The van der Waals surface area contributed by atoms with Crippen LogP contribution >= 0.6 is 0 Å². The van der Waals surface area contributed by atoms with Crippen LogP contribution in [0.3, 0.4) is 0 Å². The van der Waals surface area contributed by atoms with Gasteiger partial charge in [0.25, 0.3) is 0 Å². The van der Waals surface area contributed by atoms with Gasteiger partial charge in [-0.2, -0.15) is 18.3 Å². The van der Waals surface area contributed by atoms with Crippen molar-refractivity contribution in [2.45, 2.75) is 56.8 Å². The number of nitrogens with zero attached hydrogens (tertiary/aromatic N) is 7. The van der Waals surface area contributed by atoms with Crippen LogP contribution in [-0.2, 0) is 12.7 Å². The number of carbonyl (C=O) groups excluding carboxylic acids is 1. The van der Waals surface area contributed by atoms with E-state index >= 15 is 0 Å². The van der Waals surface area contributed by atoms with Crippen molar-refractivity contribution in [1.29, 1.82) is 0 Å². The van der Waals surface area contributed by atoms with Gasteiger partial charge in [0.1, 0.15) is 6.33 Å². The highest BCUT2D eigenvalue weighted by atomic mass is 19.4. The van der Waals surface area contributed by atoms with Crippen LogP contribution in [0.1, 0.15) is 61.1 Å². The third-order valence-electron chi connectivity index (χ3n) is 8.88. The number of urea groups is 1. The zero-order valence-electron chi connectivity index (χ0n) is 20.1. The van der Waals surface area contributed by atoms with Gasteiger partial charge in [-0.3, -0.25) is 9.88 Å². The van der Waals surface area contributed by atoms with E-state index in [0.717, 1.165) is 76.6 Å². The lowest BCUT2D eigenvalue weighted by atomic mass is 9.60. The summed E-state index contributed by atoms with van der Waals surface area (Å²) in [6, 6.07) is 3.12. The molecule has 2 saturated carbocycles. The van der Waals surface area contributed by atoms with Crippen molar-refractivity contribution in [3.63, 3.8) is 0 Å². The predicted molar refractivity (Wildman–Crippen MR) is 123 cm³/mol. The van der Waals surface area contributed by atoms with Gasteiger partial charge in [-0.15, -0.1) is 0 Å². The standard InChI is InChI=1S/C25H30F3N7O/c26-25(27,28)18-3-4-19(29-9-18)10-32-6-5-23(11-32)12-33(13-23)22(36)34-14-24(15-34)7-20(8-24)35-16-30-21(31-35)17-1-2-17/h3-4,9,16-17,20H,1-2,5-8,10-15H2. The molecule has 2 aliphatic carbocycles. The Morgan fingerprint density at radius 3 is 2.36 bits per heavy atom. The van der Waals surface area contributed by atoms with Gasteiger partial charge in [-0.1, -0.05) is 0 Å². The fourth-order valence-electron chi connectivity index (χ4n) is 6.71. The maximum absolute atomic E-state index is 13.0. The molecule has 0 unspecified atom stereocenters. The van der Waals surface area contributed by atoms with E-state index in [1.54, 1.807) is 0 Å². The molecule has 3 aliphatic heterocycles. The lowest BCUT2D eigenvalue weighted by molar-refractivity contribution is -0.137. The van der Waals surface area contributed by atoms with E-state index in [0.29, 0.717) is 24.2 Å². The summed E-state index contributed by atoms with van der Waals surface area (Å²) in [4.78, 5) is 27.7. The Kier molecular flexibility index (Phi) is 4.79. The highest BCUT2D eigenvalue weighted by molar-refractivity contribution is 5.77. The van der Waals surface area contributed by atoms with E-state index in [1.165, 1.54) is 18.9 Å². The van der Waals surface area contributed by atoms with Crippen LogP contribution in [0.4, 0.5) is 18.0 Å². The lowest BCUT2D eigenvalue weighted by Gasteiger charge is -2.60. The largest absolute Gasteiger partial charge is 0.417 e. The van der Waals surface area contributed by atoms with Crippen LogP contribution in [0, 0.1) is 10.8 Å². The molecule has 2 amide bonds. The Hall–Kier alpha value is -2.69. The molecule has 0 N–H and O–H groups in total. The summed E-state index contributed by atoms with van der Waals surface area (Å²) < 4.78 is 40.3. The summed E-state index contributed by atoms with van der Waals surface area (Å²) in [5, 5.41) is 4.67. The maximum Gasteiger partial charge on any atom is 0.417 e. The van der Waals surface area contributed by atoms with Crippen molar-refractivity contribution in [3.8, 4) is 0 Å². The smallest absolute Gasteiger partial charge is 0.323 e. The second kappa shape index (κ2) is 7.66. The maximum atomic E-state index is 13.0. The van der Waals surface area contributed by atoms with Gasteiger partial charge in [0.15, 0.2) is 5.82 Å². The monoisotopic (exact) mass is 501 g/mol. The molecule has 0 aromatic carbocycles. The summed E-state index contributed by atoms with van der Waals surface area (Å²) in [6.45, 7) is 5.46. The molecule has 5 aliphatic rings. The molecule has 192 valence electrons. The van der Waals surface area contributed by atoms with Gasteiger partial charge < -0.3 is 9.80 Å². The molecule has 8 nitrogen and oxygen atoms in total. The summed E-state index contributed by atoms with van der Waals surface area (Å²) in [5.41, 5.74) is 0.293. The predicted octanol–water partition coefficient (Wildman–Crippen LogP) is 3.53. The summed E-state index contributed by atoms with van der Waals surface area (Å²) in [5.74, 6) is 1.57. The van der Waals surface area contributed by atoms with Crippen LogP contribution in [0.5, 0.6) is 0 Å². The van der Waals surface area contributed by atoms with Crippen molar-refractivity contribution < 1.29 is 18.0 Å². The fourth-order valence-corrected chi connectivity index (χ4v) is 6.71. The van der Waals surface area contributed by atoms with E-state index < -0.39 is 11.7 Å². The minimum Gasteiger partial charge on any atom is -0.323 e. The zero-order chi connectivity index (χ0) is 24.7. The first kappa shape index (κ1) is 22.5. The molecule has 11 heteroatoms. The van der Waals surface area contributed by atoms with E-state index in [2.05, 4.69) is 20.0 Å². The molecule has 2 aromatic rings. The minimum atomic E-state index is -4.36. The van der Waals surface area contributed by atoms with Gasteiger partial charge in [-0.25, -0.2) is 14.5 Å². The van der Waals surface area contributed by atoms with Crippen molar-refractivity contribution in [2.75, 3.05) is 39.3 Å². The van der Waals surface area contributed by atoms with Gasteiger partial charge in [0.2, 0.25) is 0 Å². The highest BCUT2D eigenvalue weighted by Gasteiger charge is 2.57. The fraction of sp³-hybridized carbons (Fsp3) is 0.680. The Morgan fingerprint density at radius 1 is 1.00 bits per heavy atom. The molecule has 5 fully saturated rings. The second-order valence-electron chi connectivity index (χ2n) is 11.9. The van der Waals surface area contributed by atoms with Crippen LogP contribution in [-0.4, -0.2) is 79.7 Å². The first-order valence-corrected chi connectivity index (χ1v) is 12.9. The average molecular weight is 502 g/mol. The van der Waals surface area contributed by atoms with E-state index in [9.17, 15) is 18.0 Å². The lowest BCUT2D eigenvalue weighted by Crippen LogP contribution is -2.69. The number of pyridine rings is 1. The third kappa shape index (κ3) is 3.86. The molecular formula is C25H30F3N7O. The van der Waals surface area contributed by atoms with E-state index in [4.69, 9.17) is 0 Å². The van der Waals surface area contributed by atoms with Crippen LogP contribution in [0.15, 0.2) is 24.7 Å². The molecule has 0 atom stereocenters. The number of halogens is 3. The van der Waals surface area contributed by atoms with Crippen LogP contribution in [0.25, 0.3) is 0 Å². The van der Waals surface area contributed by atoms with Crippen molar-refractivity contribution in [1.82, 2.24) is 34.4 Å². The van der Waals surface area contributed by atoms with Gasteiger partial charge in [-0.05, 0) is 50.8 Å². The Labute approximate surface area is 207 Å². The zero-order valence-corrected chi connectivity index (χ0v) is 20.1. The SMILES string of the molecule is O=C(N1CC2(CC(n3cnc(C4CC4)n3)C2)C1)N1CC2(CCN(Cc3ccc(C(F)(F)F)cn3)C2)C1. The van der Waals surface area contributed by atoms with Crippen LogP contribution < -0.4 is 0 Å². The highest BCUT2D eigenvalue weighted by Crippen LogP contribution is 2.54. The molecule has 3 saturated heterocycles. The number of alkyl halides is 3. The molecule has 36 heavy (non-hydrogen) atoms. The van der Waals surface area contributed by atoms with Crippen LogP contribution in [0.2, 0.25) is 0 Å². The molecule has 0 bridgehead atoms. The molecule has 0 radical (unpaired) electrons. The summed E-state index contributed by atoms with van der Waals surface area (Å²) in [6.07, 6.45) is 3.99. The molecule has 5 heterocycles. The quantitative estimate of drug-likeness (QED) is 0.641. The van der Waals surface area contributed by atoms with Crippen molar-refractivity contribution in [2.24, 2.45) is 10.8 Å². The summed E-state index contributed by atoms with van der Waals surface area (Å²) in [7, 11) is 0. The van der Waals surface area contributed by atoms with Gasteiger partial charge >= 0.3 is 12.2 Å². The summed E-state index contributed by atoms with van der Waals surface area (Å²) >= 11 is 0. The molecule has 7 rings (SSSR count). The third-order valence-corrected chi connectivity index (χ3v) is 8.88. The molecule has 2 spiro atoms. The number of hydrogen-bond acceptors (Lipinski definition) is 5. The number of aromatic nitrogens is 4. The topological polar surface area (TPSA) is 70.4 Å². The van der Waals surface area contributed by atoms with Gasteiger partial charge in [0, 0.05) is 62.2 Å². The minimum absolute atomic E-state index is 0.109. The number of rotatable bonds is 4. The number of likely N-dealkylation sites (tertiary alicyclic amines) is 3. The number of carbonyl (C=O) groups is 1. The van der Waals surface area contributed by atoms with E-state index in [1.807, 2.05) is 20.8 Å². The molecule has 2 aromatic heterocycles. The second-order valence-corrected chi connectivity index (χ2v) is 11.9. The Bertz CT molecular complexity index is 1160. The molecular weight excluding hydrogens is 471 g/mol. The normalized spacial score (nSPS) is 25.2. The Balaban J connectivity index is 0.860. The first-order valence-electron chi connectivity index (χ1n) is 12.9. The first-order chi connectivity index (χ1) is 17.2. The number of amides is 2. The van der Waals surface area contributed by atoms with Crippen molar-refractivity contribution in [3.05, 3.63) is 41.7 Å². The van der Waals surface area contributed by atoms with E-state index in [-0.39, 0.29) is 16.9 Å². The van der Waals surface area contributed by atoms with Gasteiger partial charge in [0.05, 0.1) is 17.3 Å².